The monoisotopic (exact) mass is 511 g/mol. The van der Waals surface area contributed by atoms with Gasteiger partial charge in [0.1, 0.15) is 0 Å². The van der Waals surface area contributed by atoms with E-state index in [0.29, 0.717) is 36.8 Å². The molecule has 8 nitrogen and oxygen atoms in total. The highest BCUT2D eigenvalue weighted by Crippen LogP contribution is 2.23. The number of nitrogens with one attached hydrogen (secondary N) is 2. The normalized spacial score (nSPS) is 13.9. The summed E-state index contributed by atoms with van der Waals surface area (Å²) < 4.78 is 0. The van der Waals surface area contributed by atoms with E-state index < -0.39 is 5.91 Å². The highest BCUT2D eigenvalue weighted by atomic mass is 35.5. The van der Waals surface area contributed by atoms with E-state index in [1.807, 2.05) is 31.2 Å². The maximum absolute atomic E-state index is 12.9. The van der Waals surface area contributed by atoms with Gasteiger partial charge in [0, 0.05) is 36.8 Å². The van der Waals surface area contributed by atoms with Crippen LogP contribution in [0.25, 0.3) is 0 Å². The number of aromatic nitrogens is 2. The lowest BCUT2D eigenvalue weighted by Crippen LogP contribution is -2.39. The van der Waals surface area contributed by atoms with Crippen LogP contribution in [0.4, 0.5) is 5.69 Å². The van der Waals surface area contributed by atoms with Gasteiger partial charge in [-0.1, -0.05) is 47.2 Å². The molecule has 4 rings (SSSR count). The van der Waals surface area contributed by atoms with Crippen molar-refractivity contribution in [1.29, 1.82) is 0 Å². The Morgan fingerprint density at radius 1 is 1.03 bits per heavy atom. The minimum atomic E-state index is -0.431. The summed E-state index contributed by atoms with van der Waals surface area (Å²) in [6.07, 6.45) is 1.93. The summed E-state index contributed by atoms with van der Waals surface area (Å²) in [6.45, 7) is 3.63. The number of amides is 3. The lowest BCUT2D eigenvalue weighted by atomic mass is 9.93. The Hall–Kier alpha value is -3.30. The number of anilines is 1. The lowest BCUT2D eigenvalue weighted by Gasteiger charge is -2.31. The molecule has 0 radical (unpaired) electrons. The minimum absolute atomic E-state index is 0.0264. The zero-order chi connectivity index (χ0) is 24.8. The Labute approximate surface area is 212 Å². The summed E-state index contributed by atoms with van der Waals surface area (Å²) in [5, 5.41) is 14.4. The molecule has 0 spiro atoms. The van der Waals surface area contributed by atoms with E-state index in [-0.39, 0.29) is 27.7 Å². The van der Waals surface area contributed by atoms with Gasteiger partial charge in [0.05, 0.1) is 0 Å². The van der Waals surface area contributed by atoms with Crippen LogP contribution in [-0.2, 0) is 11.3 Å². The second-order valence-electron chi connectivity index (χ2n) is 8.52. The van der Waals surface area contributed by atoms with Crippen LogP contribution >= 0.6 is 22.9 Å². The summed E-state index contributed by atoms with van der Waals surface area (Å²) in [7, 11) is 0. The highest BCUT2D eigenvalue weighted by molar-refractivity contribution is 7.15. The van der Waals surface area contributed by atoms with Gasteiger partial charge in [0.2, 0.25) is 15.9 Å². The van der Waals surface area contributed by atoms with Crippen molar-refractivity contribution in [3.8, 4) is 0 Å². The summed E-state index contributed by atoms with van der Waals surface area (Å²) in [6, 6.07) is 14.7. The summed E-state index contributed by atoms with van der Waals surface area (Å²) >= 11 is 6.82. The second kappa shape index (κ2) is 11.4. The Kier molecular flexibility index (Phi) is 8.09. The largest absolute Gasteiger partial charge is 0.352 e. The van der Waals surface area contributed by atoms with Crippen molar-refractivity contribution < 1.29 is 14.4 Å². The molecule has 182 valence electrons. The van der Waals surface area contributed by atoms with Crippen molar-refractivity contribution >= 4 is 46.3 Å². The highest BCUT2D eigenvalue weighted by Gasteiger charge is 2.28. The van der Waals surface area contributed by atoms with Crippen LogP contribution in [0.15, 0.2) is 48.5 Å². The number of likely N-dealkylation sites (tertiary alicyclic amines) is 1. The fourth-order valence-electron chi connectivity index (χ4n) is 3.93. The van der Waals surface area contributed by atoms with E-state index in [9.17, 15) is 14.4 Å². The predicted molar refractivity (Wildman–Crippen MR) is 136 cm³/mol. The van der Waals surface area contributed by atoms with Gasteiger partial charge in [-0.25, -0.2) is 0 Å². The molecule has 0 unspecified atom stereocenters. The number of halogens is 1. The number of rotatable bonds is 7. The second-order valence-corrected chi connectivity index (χ2v) is 9.93. The predicted octanol–water partition coefficient (Wildman–Crippen LogP) is 4.31. The number of benzene rings is 2. The molecule has 35 heavy (non-hydrogen) atoms. The van der Waals surface area contributed by atoms with Crippen molar-refractivity contribution in [3.63, 3.8) is 0 Å². The zero-order valence-corrected chi connectivity index (χ0v) is 20.9. The Morgan fingerprint density at radius 3 is 2.43 bits per heavy atom. The molecule has 1 fully saturated rings. The molecule has 2 heterocycles. The molecular formula is C25H26ClN5O3S. The maximum Gasteiger partial charge on any atom is 0.286 e. The molecule has 2 aromatic carbocycles. The summed E-state index contributed by atoms with van der Waals surface area (Å²) in [5.74, 6) is -0.417. The van der Waals surface area contributed by atoms with E-state index in [4.69, 9.17) is 11.6 Å². The van der Waals surface area contributed by atoms with Crippen molar-refractivity contribution in [3.05, 3.63) is 74.7 Å². The molecule has 3 amide bonds. The quantitative estimate of drug-likeness (QED) is 0.492. The van der Waals surface area contributed by atoms with Gasteiger partial charge in [-0.3, -0.25) is 14.4 Å². The smallest absolute Gasteiger partial charge is 0.286 e. The zero-order valence-electron chi connectivity index (χ0n) is 19.3. The number of aryl methyl sites for hydroxylation is 1. The molecule has 2 N–H and O–H groups in total. The van der Waals surface area contributed by atoms with Gasteiger partial charge in [0.25, 0.3) is 11.8 Å². The standard InChI is InChI=1S/C25H26ClN5O3S/c1-16-4-2-3-5-18(16)15-27-21(32)14-17-10-12-31(13-11-17)25(34)24-30-29-23(35-24)22(33)28-20-8-6-19(26)7-9-20/h2-9,17H,10-15H2,1H3,(H,27,32)(H,28,33). The fraction of sp³-hybridized carbons (Fsp3) is 0.320. The topological polar surface area (TPSA) is 104 Å². The van der Waals surface area contributed by atoms with Gasteiger partial charge < -0.3 is 15.5 Å². The van der Waals surface area contributed by atoms with E-state index >= 15 is 0 Å². The Balaban J connectivity index is 1.23. The molecule has 3 aromatic rings. The van der Waals surface area contributed by atoms with Gasteiger partial charge >= 0.3 is 0 Å². The first-order chi connectivity index (χ1) is 16.9. The first kappa shape index (κ1) is 24.8. The van der Waals surface area contributed by atoms with E-state index in [1.54, 1.807) is 29.2 Å². The van der Waals surface area contributed by atoms with E-state index in [1.165, 1.54) is 0 Å². The third-order valence-electron chi connectivity index (χ3n) is 6.02. The third kappa shape index (κ3) is 6.64. The fourth-order valence-corrected chi connectivity index (χ4v) is 4.76. The number of piperidine rings is 1. The van der Waals surface area contributed by atoms with Crippen LogP contribution in [0, 0.1) is 12.8 Å². The Morgan fingerprint density at radius 2 is 1.71 bits per heavy atom. The first-order valence-corrected chi connectivity index (χ1v) is 12.6. The summed E-state index contributed by atoms with van der Waals surface area (Å²) in [5.41, 5.74) is 2.84. The molecule has 0 aliphatic carbocycles. The van der Waals surface area contributed by atoms with Crippen LogP contribution < -0.4 is 10.6 Å². The SMILES string of the molecule is Cc1ccccc1CNC(=O)CC1CCN(C(=O)c2nnc(C(=O)Nc3ccc(Cl)cc3)s2)CC1. The number of nitrogens with zero attached hydrogens (tertiary/aromatic N) is 3. The number of carbonyl (C=O) groups is 3. The van der Waals surface area contributed by atoms with Crippen LogP contribution in [0.1, 0.15) is 50.0 Å². The molecular weight excluding hydrogens is 486 g/mol. The van der Waals surface area contributed by atoms with Gasteiger partial charge in [-0.05, 0) is 61.1 Å². The lowest BCUT2D eigenvalue weighted by molar-refractivity contribution is -0.122. The van der Waals surface area contributed by atoms with Gasteiger partial charge in [-0.15, -0.1) is 10.2 Å². The van der Waals surface area contributed by atoms with Crippen molar-refractivity contribution in [2.45, 2.75) is 32.7 Å². The maximum atomic E-state index is 12.9. The number of hydrogen-bond acceptors (Lipinski definition) is 6. The van der Waals surface area contributed by atoms with Crippen molar-refractivity contribution in [1.82, 2.24) is 20.4 Å². The van der Waals surface area contributed by atoms with Crippen LogP contribution in [0.2, 0.25) is 5.02 Å². The van der Waals surface area contributed by atoms with Crippen molar-refractivity contribution in [2.75, 3.05) is 18.4 Å². The average Bonchev–Trinajstić information content (AvgIpc) is 3.36. The van der Waals surface area contributed by atoms with E-state index in [0.717, 1.165) is 35.3 Å². The number of carbonyl (C=O) groups excluding carboxylic acids is 3. The minimum Gasteiger partial charge on any atom is -0.352 e. The van der Waals surface area contributed by atoms with E-state index in [2.05, 4.69) is 20.8 Å². The van der Waals surface area contributed by atoms with Crippen LogP contribution in [-0.4, -0.2) is 45.9 Å². The molecule has 1 saturated heterocycles. The van der Waals surface area contributed by atoms with Crippen molar-refractivity contribution in [2.24, 2.45) is 5.92 Å². The van der Waals surface area contributed by atoms with Gasteiger partial charge in [0.15, 0.2) is 0 Å². The molecule has 1 aliphatic rings. The van der Waals surface area contributed by atoms with Crippen LogP contribution in [0.5, 0.6) is 0 Å². The molecule has 1 aromatic heterocycles. The third-order valence-corrected chi connectivity index (χ3v) is 7.18. The Bertz CT molecular complexity index is 1210. The number of hydrogen-bond donors (Lipinski definition) is 2. The first-order valence-electron chi connectivity index (χ1n) is 11.4. The molecule has 1 aliphatic heterocycles. The molecule has 0 atom stereocenters. The molecule has 0 saturated carbocycles. The molecule has 0 bridgehead atoms. The molecule has 10 heteroatoms. The average molecular weight is 512 g/mol. The van der Waals surface area contributed by atoms with Crippen LogP contribution in [0.3, 0.4) is 0 Å². The summed E-state index contributed by atoms with van der Waals surface area (Å²) in [4.78, 5) is 39.4. The van der Waals surface area contributed by atoms with Gasteiger partial charge in [-0.2, -0.15) is 0 Å².